The third-order valence-electron chi connectivity index (χ3n) is 3.04. The van der Waals surface area contributed by atoms with Gasteiger partial charge in [-0.3, -0.25) is 0 Å². The number of nitrogens with zero attached hydrogens (tertiary/aromatic N) is 1. The molecular formula is C14H19IN2S. The van der Waals surface area contributed by atoms with Crippen molar-refractivity contribution in [1.29, 1.82) is 0 Å². The Kier molecular flexibility index (Phi) is 5.59. The highest BCUT2D eigenvalue weighted by molar-refractivity contribution is 7.13. The quantitative estimate of drug-likeness (QED) is 0.619. The zero-order chi connectivity index (χ0) is 12.4. The third kappa shape index (κ3) is 3.03. The first kappa shape index (κ1) is 15.4. The maximum Gasteiger partial charge on any atom is 0.339 e. The zero-order valence-corrected chi connectivity index (χ0v) is 14.2. The highest BCUT2D eigenvalue weighted by Gasteiger charge is 2.16. The standard InChI is InChI=1S/C14H18N2S.HI/c1-5-16-12(4)9-17-14(16)15-13-10(2)7-6-8-11(13)3;/h6-9H,5H2,1-4H3;1H. The molecule has 0 aliphatic heterocycles. The van der Waals surface area contributed by atoms with Gasteiger partial charge in [0.05, 0.1) is 6.54 Å². The molecular weight excluding hydrogens is 355 g/mol. The van der Waals surface area contributed by atoms with E-state index in [9.17, 15) is 0 Å². The topological polar surface area (TPSA) is 15.9 Å². The van der Waals surface area contributed by atoms with Gasteiger partial charge < -0.3 is 24.0 Å². The average molecular weight is 374 g/mol. The van der Waals surface area contributed by atoms with Crippen molar-refractivity contribution in [2.45, 2.75) is 34.2 Å². The lowest BCUT2D eigenvalue weighted by atomic mass is 10.1. The number of para-hydroxylation sites is 1. The van der Waals surface area contributed by atoms with Crippen molar-refractivity contribution < 1.29 is 28.5 Å². The minimum Gasteiger partial charge on any atom is -1.00 e. The molecule has 2 aromatic rings. The number of halogens is 1. The van der Waals surface area contributed by atoms with E-state index < -0.39 is 0 Å². The number of rotatable bonds is 3. The largest absolute Gasteiger partial charge is 1.00 e. The summed E-state index contributed by atoms with van der Waals surface area (Å²) in [5.41, 5.74) is 5.13. The lowest BCUT2D eigenvalue weighted by Crippen LogP contribution is -3.00. The summed E-state index contributed by atoms with van der Waals surface area (Å²) in [6.07, 6.45) is 0. The predicted octanol–water partition coefficient (Wildman–Crippen LogP) is 0.728. The van der Waals surface area contributed by atoms with Crippen molar-refractivity contribution in [2.24, 2.45) is 0 Å². The number of benzene rings is 1. The van der Waals surface area contributed by atoms with Gasteiger partial charge in [0.15, 0.2) is 0 Å². The van der Waals surface area contributed by atoms with Crippen LogP contribution in [0, 0.1) is 20.8 Å². The molecule has 0 saturated carbocycles. The van der Waals surface area contributed by atoms with Crippen LogP contribution >= 0.6 is 11.3 Å². The van der Waals surface area contributed by atoms with E-state index in [1.807, 2.05) is 0 Å². The van der Waals surface area contributed by atoms with Crippen LogP contribution in [0.4, 0.5) is 10.8 Å². The molecule has 0 radical (unpaired) electrons. The van der Waals surface area contributed by atoms with E-state index in [1.165, 1.54) is 27.6 Å². The summed E-state index contributed by atoms with van der Waals surface area (Å²) < 4.78 is 2.30. The highest BCUT2D eigenvalue weighted by atomic mass is 127. The molecule has 0 aliphatic carbocycles. The molecule has 0 saturated heterocycles. The van der Waals surface area contributed by atoms with Gasteiger partial charge in [0.25, 0.3) is 0 Å². The first-order valence-electron chi connectivity index (χ1n) is 5.94. The Labute approximate surface area is 130 Å². The lowest BCUT2D eigenvalue weighted by molar-refractivity contribution is -0.681. The van der Waals surface area contributed by atoms with Gasteiger partial charge in [0.1, 0.15) is 11.4 Å². The highest BCUT2D eigenvalue weighted by Crippen LogP contribution is 2.25. The van der Waals surface area contributed by atoms with Gasteiger partial charge in [-0.05, 0) is 38.8 Å². The summed E-state index contributed by atoms with van der Waals surface area (Å²) in [6, 6.07) is 6.39. The van der Waals surface area contributed by atoms with Crippen LogP contribution in [0.5, 0.6) is 0 Å². The molecule has 1 heterocycles. The van der Waals surface area contributed by atoms with Crippen molar-refractivity contribution in [3.63, 3.8) is 0 Å². The number of nitrogens with one attached hydrogen (secondary N) is 1. The number of aromatic nitrogens is 1. The summed E-state index contributed by atoms with van der Waals surface area (Å²) in [5, 5.41) is 6.97. The van der Waals surface area contributed by atoms with Crippen LogP contribution in [0.25, 0.3) is 0 Å². The SMILES string of the molecule is CC[n+]1c(C)csc1Nc1c(C)cccc1C.[I-]. The molecule has 0 amide bonds. The monoisotopic (exact) mass is 374 g/mol. The molecule has 0 unspecified atom stereocenters. The molecule has 18 heavy (non-hydrogen) atoms. The second-order valence-corrected chi connectivity index (χ2v) is 5.18. The molecule has 1 aromatic heterocycles. The minimum absolute atomic E-state index is 0. The maximum absolute atomic E-state index is 3.56. The van der Waals surface area contributed by atoms with Crippen LogP contribution in [-0.2, 0) is 6.54 Å². The molecule has 98 valence electrons. The summed E-state index contributed by atoms with van der Waals surface area (Å²) >= 11 is 1.76. The van der Waals surface area contributed by atoms with Crippen molar-refractivity contribution in [3.05, 3.63) is 40.4 Å². The average Bonchev–Trinajstić information content (AvgIpc) is 2.64. The Morgan fingerprint density at radius 3 is 2.33 bits per heavy atom. The van der Waals surface area contributed by atoms with Crippen molar-refractivity contribution in [2.75, 3.05) is 5.32 Å². The molecule has 0 bridgehead atoms. The van der Waals surface area contributed by atoms with E-state index in [0.29, 0.717) is 0 Å². The zero-order valence-electron chi connectivity index (χ0n) is 11.2. The molecule has 1 aromatic carbocycles. The summed E-state index contributed by atoms with van der Waals surface area (Å²) in [6.45, 7) is 9.62. The van der Waals surface area contributed by atoms with Crippen LogP contribution in [0.3, 0.4) is 0 Å². The molecule has 0 atom stereocenters. The van der Waals surface area contributed by atoms with Crippen molar-refractivity contribution >= 4 is 22.2 Å². The van der Waals surface area contributed by atoms with Crippen LogP contribution in [0.1, 0.15) is 23.7 Å². The molecule has 4 heteroatoms. The Balaban J connectivity index is 0.00000162. The Bertz CT molecular complexity index is 514. The Morgan fingerprint density at radius 2 is 1.78 bits per heavy atom. The molecule has 2 nitrogen and oxygen atoms in total. The van der Waals surface area contributed by atoms with Crippen molar-refractivity contribution in [3.8, 4) is 0 Å². The van der Waals surface area contributed by atoms with Crippen molar-refractivity contribution in [1.82, 2.24) is 0 Å². The van der Waals surface area contributed by atoms with Gasteiger partial charge in [-0.25, -0.2) is 9.88 Å². The number of thiazole rings is 1. The van der Waals surface area contributed by atoms with E-state index in [0.717, 1.165) is 6.54 Å². The van der Waals surface area contributed by atoms with E-state index in [-0.39, 0.29) is 24.0 Å². The lowest BCUT2D eigenvalue weighted by Gasteiger charge is -2.06. The van der Waals surface area contributed by atoms with Gasteiger partial charge >= 0.3 is 5.13 Å². The van der Waals surface area contributed by atoms with E-state index >= 15 is 0 Å². The number of hydrogen-bond acceptors (Lipinski definition) is 2. The number of aryl methyl sites for hydroxylation is 3. The fourth-order valence-electron chi connectivity index (χ4n) is 2.04. The van der Waals surface area contributed by atoms with Gasteiger partial charge in [0, 0.05) is 5.38 Å². The van der Waals surface area contributed by atoms with Gasteiger partial charge in [-0.15, -0.1) is 0 Å². The normalized spacial score (nSPS) is 10.0. The Hall–Kier alpha value is -0.620. The summed E-state index contributed by atoms with van der Waals surface area (Å²) in [4.78, 5) is 0. The van der Waals surface area contributed by atoms with E-state index in [1.54, 1.807) is 11.3 Å². The number of anilines is 2. The molecule has 0 fully saturated rings. The maximum atomic E-state index is 3.56. The molecule has 1 N–H and O–H groups in total. The second-order valence-electron chi connectivity index (χ2n) is 4.32. The van der Waals surface area contributed by atoms with Gasteiger partial charge in [-0.1, -0.05) is 29.5 Å². The first-order chi connectivity index (χ1) is 8.13. The summed E-state index contributed by atoms with van der Waals surface area (Å²) in [7, 11) is 0. The van der Waals surface area contributed by atoms with Crippen LogP contribution < -0.4 is 33.9 Å². The van der Waals surface area contributed by atoms with E-state index in [4.69, 9.17) is 0 Å². The van der Waals surface area contributed by atoms with Crippen LogP contribution in [-0.4, -0.2) is 0 Å². The molecule has 0 spiro atoms. The molecule has 2 rings (SSSR count). The Morgan fingerprint density at radius 1 is 1.17 bits per heavy atom. The van der Waals surface area contributed by atoms with E-state index in [2.05, 4.69) is 61.2 Å². The predicted molar refractivity (Wildman–Crippen MR) is 74.1 cm³/mol. The minimum atomic E-state index is 0. The number of hydrogen-bond donors (Lipinski definition) is 1. The first-order valence-corrected chi connectivity index (χ1v) is 6.82. The summed E-state index contributed by atoms with van der Waals surface area (Å²) in [5.74, 6) is 0. The smallest absolute Gasteiger partial charge is 0.339 e. The van der Waals surface area contributed by atoms with Gasteiger partial charge in [0.2, 0.25) is 0 Å². The fraction of sp³-hybridized carbons (Fsp3) is 0.357. The molecule has 0 aliphatic rings. The van der Waals surface area contributed by atoms with Crippen LogP contribution in [0.2, 0.25) is 0 Å². The van der Waals surface area contributed by atoms with Crippen LogP contribution in [0.15, 0.2) is 23.6 Å². The fourth-order valence-corrected chi connectivity index (χ4v) is 3.01. The third-order valence-corrected chi connectivity index (χ3v) is 4.05. The second kappa shape index (κ2) is 6.52. The van der Waals surface area contributed by atoms with Gasteiger partial charge in [-0.2, -0.15) is 0 Å².